The van der Waals surface area contributed by atoms with Gasteiger partial charge in [0.25, 0.3) is 0 Å². The first kappa shape index (κ1) is 19.2. The van der Waals surface area contributed by atoms with Gasteiger partial charge in [-0.3, -0.25) is 4.90 Å². The lowest BCUT2D eigenvalue weighted by atomic mass is 10.0. The molecule has 136 valence electrons. The summed E-state index contributed by atoms with van der Waals surface area (Å²) in [6.07, 6.45) is 3.61. The summed E-state index contributed by atoms with van der Waals surface area (Å²) in [5.74, 6) is 0.993. The molecule has 0 aliphatic carbocycles. The van der Waals surface area contributed by atoms with Gasteiger partial charge in [-0.2, -0.15) is 0 Å². The quantitative estimate of drug-likeness (QED) is 0.703. The van der Waals surface area contributed by atoms with E-state index in [9.17, 15) is 0 Å². The third kappa shape index (κ3) is 6.08. The maximum Gasteiger partial charge on any atom is 0.119 e. The molecule has 1 aromatic carbocycles. The number of piperazine rings is 1. The molecule has 1 saturated heterocycles. The summed E-state index contributed by atoms with van der Waals surface area (Å²) in [7, 11) is 4.31. The van der Waals surface area contributed by atoms with Gasteiger partial charge in [-0.25, -0.2) is 0 Å². The molecule has 4 nitrogen and oxygen atoms in total. The Hall–Kier alpha value is -1.10. The monoisotopic (exact) mass is 333 g/mol. The summed E-state index contributed by atoms with van der Waals surface area (Å²) in [4.78, 5) is 4.89. The Kier molecular flexibility index (Phi) is 8.03. The Balaban J connectivity index is 2.00. The van der Waals surface area contributed by atoms with Crippen molar-refractivity contribution in [2.75, 3.05) is 46.9 Å². The van der Waals surface area contributed by atoms with Crippen molar-refractivity contribution in [3.63, 3.8) is 0 Å². The van der Waals surface area contributed by atoms with Crippen LogP contribution >= 0.6 is 0 Å². The van der Waals surface area contributed by atoms with Crippen molar-refractivity contribution in [3.8, 4) is 5.75 Å². The molecule has 4 heteroatoms. The number of hydrogen-bond acceptors (Lipinski definition) is 4. The Morgan fingerprint density at radius 3 is 2.62 bits per heavy atom. The molecule has 1 heterocycles. The zero-order valence-corrected chi connectivity index (χ0v) is 15.9. The number of nitrogens with zero attached hydrogens (tertiary/aromatic N) is 2. The molecule has 0 bridgehead atoms. The van der Waals surface area contributed by atoms with Crippen LogP contribution in [0.1, 0.15) is 44.7 Å². The van der Waals surface area contributed by atoms with Gasteiger partial charge >= 0.3 is 0 Å². The molecule has 2 unspecified atom stereocenters. The zero-order valence-electron chi connectivity index (χ0n) is 15.9. The first-order chi connectivity index (χ1) is 11.6. The Morgan fingerprint density at radius 1 is 1.25 bits per heavy atom. The number of rotatable bonds is 9. The predicted octanol–water partition coefficient (Wildman–Crippen LogP) is 3.15. The molecule has 1 N–H and O–H groups in total. The van der Waals surface area contributed by atoms with E-state index in [1.807, 2.05) is 0 Å². The van der Waals surface area contributed by atoms with Crippen LogP contribution in [0, 0.1) is 0 Å². The van der Waals surface area contributed by atoms with E-state index in [0.717, 1.165) is 45.0 Å². The lowest BCUT2D eigenvalue weighted by Gasteiger charge is -2.39. The lowest BCUT2D eigenvalue weighted by Crippen LogP contribution is -2.51. The van der Waals surface area contributed by atoms with Gasteiger partial charge in [-0.15, -0.1) is 0 Å². The van der Waals surface area contributed by atoms with Crippen LogP contribution in [-0.2, 0) is 0 Å². The van der Waals surface area contributed by atoms with Crippen LogP contribution in [-0.4, -0.2) is 62.7 Å². The van der Waals surface area contributed by atoms with E-state index in [2.05, 4.69) is 67.3 Å². The van der Waals surface area contributed by atoms with Gasteiger partial charge in [0.15, 0.2) is 0 Å². The molecular formula is C20H35N3O. The zero-order chi connectivity index (χ0) is 17.4. The van der Waals surface area contributed by atoms with Crippen molar-refractivity contribution >= 4 is 0 Å². The molecule has 0 spiro atoms. The van der Waals surface area contributed by atoms with Crippen LogP contribution in [0.5, 0.6) is 5.75 Å². The molecule has 0 radical (unpaired) electrons. The van der Waals surface area contributed by atoms with Crippen LogP contribution in [0.3, 0.4) is 0 Å². The summed E-state index contributed by atoms with van der Waals surface area (Å²) in [5, 5.41) is 3.54. The van der Waals surface area contributed by atoms with Crippen molar-refractivity contribution in [3.05, 3.63) is 29.8 Å². The summed E-state index contributed by atoms with van der Waals surface area (Å²) >= 11 is 0. The van der Waals surface area contributed by atoms with Crippen molar-refractivity contribution in [1.29, 1.82) is 0 Å². The third-order valence-electron chi connectivity index (χ3n) is 4.66. The highest BCUT2D eigenvalue weighted by Gasteiger charge is 2.25. The largest absolute Gasteiger partial charge is 0.494 e. The Labute approximate surface area is 148 Å². The summed E-state index contributed by atoms with van der Waals surface area (Å²) in [6.45, 7) is 9.64. The average molecular weight is 334 g/mol. The molecule has 2 atom stereocenters. The molecule has 1 aliphatic heterocycles. The van der Waals surface area contributed by atoms with Gasteiger partial charge in [0.1, 0.15) is 5.75 Å². The van der Waals surface area contributed by atoms with Crippen LogP contribution in [0.2, 0.25) is 0 Å². The van der Waals surface area contributed by atoms with Crippen molar-refractivity contribution in [2.45, 2.75) is 45.2 Å². The summed E-state index contributed by atoms with van der Waals surface area (Å²) in [5.41, 5.74) is 1.39. The van der Waals surface area contributed by atoms with E-state index < -0.39 is 0 Å². The third-order valence-corrected chi connectivity index (χ3v) is 4.66. The number of benzene rings is 1. The van der Waals surface area contributed by atoms with Gasteiger partial charge in [-0.1, -0.05) is 31.9 Å². The number of ether oxygens (including phenoxy) is 1. The van der Waals surface area contributed by atoms with Crippen LogP contribution in [0.15, 0.2) is 24.3 Å². The van der Waals surface area contributed by atoms with E-state index in [0.29, 0.717) is 12.1 Å². The molecule has 1 fully saturated rings. The molecule has 0 aromatic heterocycles. The fourth-order valence-electron chi connectivity index (χ4n) is 3.35. The van der Waals surface area contributed by atoms with E-state index in [4.69, 9.17) is 4.74 Å². The van der Waals surface area contributed by atoms with Gasteiger partial charge < -0.3 is 15.0 Å². The standard InChI is InChI=1S/C20H35N3O/c1-5-6-7-14-24-19-10-8-18(9-11-19)20(16-22(3)4)23-13-12-21-17(2)15-23/h8-11,17,20-21H,5-7,12-16H2,1-4H3. The highest BCUT2D eigenvalue weighted by atomic mass is 16.5. The van der Waals surface area contributed by atoms with Crippen LogP contribution in [0.25, 0.3) is 0 Å². The fourth-order valence-corrected chi connectivity index (χ4v) is 3.35. The Bertz CT molecular complexity index is 460. The average Bonchev–Trinajstić information content (AvgIpc) is 2.57. The topological polar surface area (TPSA) is 27.7 Å². The number of hydrogen-bond donors (Lipinski definition) is 1. The van der Waals surface area contributed by atoms with Crippen molar-refractivity contribution in [2.24, 2.45) is 0 Å². The normalized spacial score (nSPS) is 20.3. The second kappa shape index (κ2) is 10.0. The number of likely N-dealkylation sites (N-methyl/N-ethyl adjacent to an activating group) is 1. The summed E-state index contributed by atoms with van der Waals surface area (Å²) < 4.78 is 5.85. The molecular weight excluding hydrogens is 298 g/mol. The van der Waals surface area contributed by atoms with E-state index >= 15 is 0 Å². The van der Waals surface area contributed by atoms with E-state index in [1.165, 1.54) is 18.4 Å². The molecule has 0 saturated carbocycles. The fraction of sp³-hybridized carbons (Fsp3) is 0.700. The predicted molar refractivity (Wildman–Crippen MR) is 102 cm³/mol. The van der Waals surface area contributed by atoms with Gasteiger partial charge in [-0.05, 0) is 45.1 Å². The first-order valence-electron chi connectivity index (χ1n) is 9.45. The SMILES string of the molecule is CCCCCOc1ccc(C(CN(C)C)N2CCNC(C)C2)cc1. The van der Waals surface area contributed by atoms with Gasteiger partial charge in [0.05, 0.1) is 6.61 Å². The van der Waals surface area contributed by atoms with Gasteiger partial charge in [0, 0.05) is 38.3 Å². The molecule has 2 rings (SSSR count). The van der Waals surface area contributed by atoms with Gasteiger partial charge in [0.2, 0.25) is 0 Å². The molecule has 1 aromatic rings. The van der Waals surface area contributed by atoms with Crippen LogP contribution in [0.4, 0.5) is 0 Å². The van der Waals surface area contributed by atoms with Crippen molar-refractivity contribution in [1.82, 2.24) is 15.1 Å². The minimum Gasteiger partial charge on any atom is -0.494 e. The lowest BCUT2D eigenvalue weighted by molar-refractivity contribution is 0.125. The highest BCUT2D eigenvalue weighted by Crippen LogP contribution is 2.25. The summed E-state index contributed by atoms with van der Waals surface area (Å²) in [6, 6.07) is 9.76. The highest BCUT2D eigenvalue weighted by molar-refractivity contribution is 5.29. The minimum atomic E-state index is 0.443. The van der Waals surface area contributed by atoms with E-state index in [1.54, 1.807) is 0 Å². The molecule has 1 aliphatic rings. The molecule has 0 amide bonds. The van der Waals surface area contributed by atoms with E-state index in [-0.39, 0.29) is 0 Å². The maximum absolute atomic E-state index is 5.85. The number of unbranched alkanes of at least 4 members (excludes halogenated alkanes) is 2. The maximum atomic E-state index is 5.85. The Morgan fingerprint density at radius 2 is 2.00 bits per heavy atom. The minimum absolute atomic E-state index is 0.443. The second-order valence-electron chi connectivity index (χ2n) is 7.25. The number of nitrogens with one attached hydrogen (secondary N) is 1. The molecule has 24 heavy (non-hydrogen) atoms. The van der Waals surface area contributed by atoms with Crippen molar-refractivity contribution < 1.29 is 4.74 Å². The first-order valence-corrected chi connectivity index (χ1v) is 9.45. The van der Waals surface area contributed by atoms with Crippen LogP contribution < -0.4 is 10.1 Å². The second-order valence-corrected chi connectivity index (χ2v) is 7.25. The smallest absolute Gasteiger partial charge is 0.119 e.